The Labute approximate surface area is 126 Å². The third kappa shape index (κ3) is 3.16. The summed E-state index contributed by atoms with van der Waals surface area (Å²) in [4.78, 5) is 0. The van der Waals surface area contributed by atoms with Gasteiger partial charge >= 0.3 is 0 Å². The van der Waals surface area contributed by atoms with Gasteiger partial charge in [-0.1, -0.05) is 36.4 Å². The number of rotatable bonds is 4. The third-order valence-electron chi connectivity index (χ3n) is 4.60. The van der Waals surface area contributed by atoms with Gasteiger partial charge < -0.3 is 5.32 Å². The number of benzene rings is 2. The Morgan fingerprint density at radius 2 is 1.86 bits per heavy atom. The lowest BCUT2D eigenvalue weighted by atomic mass is 9.75. The first-order valence-electron chi connectivity index (χ1n) is 7.70. The van der Waals surface area contributed by atoms with Crippen LogP contribution in [0.4, 0.5) is 4.39 Å². The predicted molar refractivity (Wildman–Crippen MR) is 84.9 cm³/mol. The van der Waals surface area contributed by atoms with E-state index < -0.39 is 0 Å². The second kappa shape index (κ2) is 5.98. The minimum absolute atomic E-state index is 0.128. The fraction of sp³-hybridized carbons (Fsp3) is 0.368. The van der Waals surface area contributed by atoms with Gasteiger partial charge in [0.05, 0.1) is 0 Å². The lowest BCUT2D eigenvalue weighted by molar-refractivity contribution is 0.270. The lowest BCUT2D eigenvalue weighted by Gasteiger charge is -2.38. The van der Waals surface area contributed by atoms with Crippen molar-refractivity contribution in [2.45, 2.75) is 44.7 Å². The minimum Gasteiger partial charge on any atom is -0.307 e. The van der Waals surface area contributed by atoms with Gasteiger partial charge in [-0.25, -0.2) is 4.39 Å². The summed E-state index contributed by atoms with van der Waals surface area (Å²) in [5, 5.41) is 3.69. The van der Waals surface area contributed by atoms with Crippen LogP contribution >= 0.6 is 0 Å². The Bertz CT molecular complexity index is 616. The highest BCUT2D eigenvalue weighted by Gasteiger charge is 2.31. The summed E-state index contributed by atoms with van der Waals surface area (Å²) < 4.78 is 13.2. The van der Waals surface area contributed by atoms with E-state index in [0.29, 0.717) is 18.0 Å². The molecule has 2 aromatic carbocycles. The van der Waals surface area contributed by atoms with Gasteiger partial charge in [0.1, 0.15) is 5.82 Å². The van der Waals surface area contributed by atoms with E-state index >= 15 is 0 Å². The van der Waals surface area contributed by atoms with E-state index in [0.717, 1.165) is 18.4 Å². The molecular weight excluding hydrogens is 261 g/mol. The Morgan fingerprint density at radius 3 is 2.57 bits per heavy atom. The van der Waals surface area contributed by atoms with E-state index in [4.69, 9.17) is 0 Å². The fourth-order valence-electron chi connectivity index (χ4n) is 3.30. The second-order valence-electron chi connectivity index (χ2n) is 6.17. The van der Waals surface area contributed by atoms with Crippen LogP contribution in [0, 0.1) is 12.7 Å². The number of hydrogen-bond acceptors (Lipinski definition) is 1. The SMILES string of the molecule is Cc1ccccc1C(C)NC1CC(c2cccc(F)c2)C1. The van der Waals surface area contributed by atoms with Crippen LogP contribution in [0.3, 0.4) is 0 Å². The van der Waals surface area contributed by atoms with Crippen LogP contribution in [0.15, 0.2) is 48.5 Å². The summed E-state index contributed by atoms with van der Waals surface area (Å²) in [5.74, 6) is 0.374. The second-order valence-corrected chi connectivity index (χ2v) is 6.17. The highest BCUT2D eigenvalue weighted by molar-refractivity contribution is 5.29. The number of nitrogens with one attached hydrogen (secondary N) is 1. The number of aryl methyl sites for hydroxylation is 1. The van der Waals surface area contributed by atoms with Gasteiger partial charge in [0.25, 0.3) is 0 Å². The van der Waals surface area contributed by atoms with Crippen molar-refractivity contribution in [3.05, 3.63) is 71.0 Å². The highest BCUT2D eigenvalue weighted by Crippen LogP contribution is 2.38. The van der Waals surface area contributed by atoms with Crippen LogP contribution in [-0.4, -0.2) is 6.04 Å². The zero-order chi connectivity index (χ0) is 14.8. The molecule has 1 nitrogen and oxygen atoms in total. The number of hydrogen-bond donors (Lipinski definition) is 1. The van der Waals surface area contributed by atoms with E-state index in [1.807, 2.05) is 6.07 Å². The van der Waals surface area contributed by atoms with Crippen LogP contribution in [0.25, 0.3) is 0 Å². The topological polar surface area (TPSA) is 12.0 Å². The molecule has 0 bridgehead atoms. The van der Waals surface area contributed by atoms with Crippen molar-refractivity contribution in [3.63, 3.8) is 0 Å². The van der Waals surface area contributed by atoms with E-state index in [1.54, 1.807) is 12.1 Å². The standard InChI is InChI=1S/C19H22FN/c1-13-6-3-4-9-19(13)14(2)21-18-11-16(12-18)15-7-5-8-17(20)10-15/h3-10,14,16,18,21H,11-12H2,1-2H3. The molecule has 1 atom stereocenters. The molecule has 0 heterocycles. The highest BCUT2D eigenvalue weighted by atomic mass is 19.1. The van der Waals surface area contributed by atoms with Gasteiger partial charge in [-0.05, 0) is 61.4 Å². The average Bonchev–Trinajstić information content (AvgIpc) is 2.42. The first kappa shape index (κ1) is 14.3. The Kier molecular flexibility index (Phi) is 4.07. The zero-order valence-electron chi connectivity index (χ0n) is 12.6. The normalized spacial score (nSPS) is 22.6. The maximum Gasteiger partial charge on any atom is 0.123 e. The molecule has 1 N–H and O–H groups in total. The molecule has 0 spiro atoms. The first-order chi connectivity index (χ1) is 10.1. The molecule has 21 heavy (non-hydrogen) atoms. The van der Waals surface area contributed by atoms with Gasteiger partial charge in [-0.15, -0.1) is 0 Å². The Balaban J connectivity index is 1.56. The first-order valence-corrected chi connectivity index (χ1v) is 7.70. The van der Waals surface area contributed by atoms with E-state index in [9.17, 15) is 4.39 Å². The average molecular weight is 283 g/mol. The Hall–Kier alpha value is -1.67. The molecule has 1 saturated carbocycles. The summed E-state index contributed by atoms with van der Waals surface area (Å²) in [5.41, 5.74) is 3.84. The van der Waals surface area contributed by atoms with E-state index in [2.05, 4.69) is 43.4 Å². The molecular formula is C19H22FN. The van der Waals surface area contributed by atoms with Gasteiger partial charge in [-0.2, -0.15) is 0 Å². The monoisotopic (exact) mass is 283 g/mol. The van der Waals surface area contributed by atoms with Crippen molar-refractivity contribution in [2.75, 3.05) is 0 Å². The summed E-state index contributed by atoms with van der Waals surface area (Å²) in [6, 6.07) is 16.4. The van der Waals surface area contributed by atoms with Gasteiger partial charge in [0, 0.05) is 12.1 Å². The molecule has 1 fully saturated rings. The summed E-state index contributed by atoms with van der Waals surface area (Å²) in [6.45, 7) is 4.38. The van der Waals surface area contributed by atoms with Crippen LogP contribution in [0.1, 0.15) is 48.4 Å². The van der Waals surface area contributed by atoms with Crippen LogP contribution in [-0.2, 0) is 0 Å². The molecule has 3 rings (SSSR count). The molecule has 0 radical (unpaired) electrons. The third-order valence-corrected chi connectivity index (χ3v) is 4.60. The summed E-state index contributed by atoms with van der Waals surface area (Å²) in [7, 11) is 0. The van der Waals surface area contributed by atoms with Crippen molar-refractivity contribution in [1.82, 2.24) is 5.32 Å². The molecule has 0 aromatic heterocycles. The smallest absolute Gasteiger partial charge is 0.123 e. The minimum atomic E-state index is -0.128. The van der Waals surface area contributed by atoms with E-state index in [1.165, 1.54) is 17.2 Å². The largest absolute Gasteiger partial charge is 0.307 e. The van der Waals surface area contributed by atoms with Crippen molar-refractivity contribution in [2.24, 2.45) is 0 Å². The molecule has 2 heteroatoms. The quantitative estimate of drug-likeness (QED) is 0.855. The predicted octanol–water partition coefficient (Wildman–Crippen LogP) is 4.73. The van der Waals surface area contributed by atoms with Crippen molar-refractivity contribution < 1.29 is 4.39 Å². The maximum atomic E-state index is 13.2. The van der Waals surface area contributed by atoms with Gasteiger partial charge in [0.15, 0.2) is 0 Å². The fourth-order valence-corrected chi connectivity index (χ4v) is 3.30. The van der Waals surface area contributed by atoms with E-state index in [-0.39, 0.29) is 5.82 Å². The van der Waals surface area contributed by atoms with Gasteiger partial charge in [-0.3, -0.25) is 0 Å². The Morgan fingerprint density at radius 1 is 1.10 bits per heavy atom. The number of halogens is 1. The van der Waals surface area contributed by atoms with Crippen LogP contribution < -0.4 is 5.32 Å². The molecule has 1 unspecified atom stereocenters. The maximum absolute atomic E-state index is 13.2. The molecule has 2 aromatic rings. The van der Waals surface area contributed by atoms with Gasteiger partial charge in [0.2, 0.25) is 0 Å². The molecule has 110 valence electrons. The molecule has 1 aliphatic carbocycles. The molecule has 0 saturated heterocycles. The summed E-state index contributed by atoms with van der Waals surface area (Å²) >= 11 is 0. The van der Waals surface area contributed by atoms with Crippen molar-refractivity contribution in [3.8, 4) is 0 Å². The lowest BCUT2D eigenvalue weighted by Crippen LogP contribution is -2.41. The van der Waals surface area contributed by atoms with Crippen LogP contribution in [0.5, 0.6) is 0 Å². The van der Waals surface area contributed by atoms with Crippen molar-refractivity contribution in [1.29, 1.82) is 0 Å². The molecule has 0 amide bonds. The summed E-state index contributed by atoms with van der Waals surface area (Å²) in [6.07, 6.45) is 2.19. The van der Waals surface area contributed by atoms with Crippen molar-refractivity contribution >= 4 is 0 Å². The molecule has 1 aliphatic rings. The zero-order valence-corrected chi connectivity index (χ0v) is 12.6. The van der Waals surface area contributed by atoms with Crippen LogP contribution in [0.2, 0.25) is 0 Å². The molecule has 0 aliphatic heterocycles.